The molecule has 1 saturated heterocycles. The number of morpholine rings is 1. The minimum atomic E-state index is -0.0585. The van der Waals surface area contributed by atoms with Gasteiger partial charge in [0.15, 0.2) is 0 Å². The largest absolute Gasteiger partial charge is 0.369 e. The molecular formula is C24H26N6O. The van der Waals surface area contributed by atoms with E-state index in [9.17, 15) is 0 Å². The lowest BCUT2D eigenvalue weighted by molar-refractivity contribution is -0.0349. The predicted molar refractivity (Wildman–Crippen MR) is 122 cm³/mol. The lowest BCUT2D eigenvalue weighted by atomic mass is 10.1. The molecule has 0 aliphatic carbocycles. The molecule has 0 radical (unpaired) electrons. The van der Waals surface area contributed by atoms with Crippen LogP contribution in [0.3, 0.4) is 0 Å². The van der Waals surface area contributed by atoms with Gasteiger partial charge in [-0.3, -0.25) is 10.00 Å². The SMILES string of the molecule is CN(C)c1nc2ccccc2cc1CN1CCOC(c2cccc(-c3cn[nH]c3)n2)C1. The zero-order valence-electron chi connectivity index (χ0n) is 17.8. The van der Waals surface area contributed by atoms with Gasteiger partial charge < -0.3 is 9.64 Å². The molecule has 31 heavy (non-hydrogen) atoms. The lowest BCUT2D eigenvalue weighted by Gasteiger charge is -2.33. The van der Waals surface area contributed by atoms with E-state index in [1.165, 1.54) is 10.9 Å². The second kappa shape index (κ2) is 8.45. The van der Waals surface area contributed by atoms with Gasteiger partial charge in [0, 0.05) is 56.4 Å². The summed E-state index contributed by atoms with van der Waals surface area (Å²) in [6, 6.07) is 16.6. The molecule has 7 heteroatoms. The van der Waals surface area contributed by atoms with Crippen molar-refractivity contribution in [2.75, 3.05) is 38.7 Å². The number of H-pyrrole nitrogens is 1. The number of anilines is 1. The topological polar surface area (TPSA) is 70.2 Å². The third-order valence-electron chi connectivity index (χ3n) is 5.64. The summed E-state index contributed by atoms with van der Waals surface area (Å²) < 4.78 is 6.10. The van der Waals surface area contributed by atoms with Crippen LogP contribution in [0.2, 0.25) is 0 Å². The highest BCUT2D eigenvalue weighted by Crippen LogP contribution is 2.28. The van der Waals surface area contributed by atoms with Crippen LogP contribution in [0.25, 0.3) is 22.2 Å². The highest BCUT2D eigenvalue weighted by Gasteiger charge is 2.24. The molecule has 1 fully saturated rings. The van der Waals surface area contributed by atoms with Crippen LogP contribution in [0.4, 0.5) is 5.82 Å². The molecule has 0 amide bonds. The Morgan fingerprint density at radius 3 is 2.87 bits per heavy atom. The molecule has 3 aromatic heterocycles. The number of pyridine rings is 2. The first-order valence-electron chi connectivity index (χ1n) is 10.5. The minimum Gasteiger partial charge on any atom is -0.369 e. The van der Waals surface area contributed by atoms with E-state index < -0.39 is 0 Å². The number of hydrogen-bond acceptors (Lipinski definition) is 6. The zero-order valence-corrected chi connectivity index (χ0v) is 17.8. The third-order valence-corrected chi connectivity index (χ3v) is 5.64. The first-order valence-corrected chi connectivity index (χ1v) is 10.5. The van der Waals surface area contributed by atoms with Crippen molar-refractivity contribution in [1.29, 1.82) is 0 Å². The number of nitrogens with zero attached hydrogens (tertiary/aromatic N) is 5. The number of ether oxygens (including phenoxy) is 1. The van der Waals surface area contributed by atoms with Crippen molar-refractivity contribution < 1.29 is 4.74 Å². The van der Waals surface area contributed by atoms with Crippen LogP contribution < -0.4 is 4.90 Å². The maximum Gasteiger partial charge on any atom is 0.133 e. The molecule has 1 aromatic carbocycles. The predicted octanol–water partition coefficient (Wildman–Crippen LogP) is 3.66. The van der Waals surface area contributed by atoms with Crippen LogP contribution >= 0.6 is 0 Å². The molecule has 1 unspecified atom stereocenters. The molecule has 0 bridgehead atoms. The number of aromatic amines is 1. The van der Waals surface area contributed by atoms with Gasteiger partial charge in [0.1, 0.15) is 11.9 Å². The molecule has 7 nitrogen and oxygen atoms in total. The first-order chi connectivity index (χ1) is 15.2. The molecule has 158 valence electrons. The summed E-state index contributed by atoms with van der Waals surface area (Å²) in [5.74, 6) is 1.02. The van der Waals surface area contributed by atoms with Gasteiger partial charge >= 0.3 is 0 Å². The summed E-state index contributed by atoms with van der Waals surface area (Å²) in [5, 5.41) is 8.05. The van der Waals surface area contributed by atoms with Gasteiger partial charge in [-0.25, -0.2) is 9.97 Å². The highest BCUT2D eigenvalue weighted by molar-refractivity contribution is 5.81. The van der Waals surface area contributed by atoms with Crippen LogP contribution in [-0.2, 0) is 11.3 Å². The molecule has 4 aromatic rings. The van der Waals surface area contributed by atoms with Crippen LogP contribution in [0.1, 0.15) is 17.4 Å². The number of fused-ring (bicyclic) bond motifs is 1. The van der Waals surface area contributed by atoms with E-state index in [1.807, 2.05) is 44.6 Å². The standard InChI is InChI=1S/C24H26N6O/c1-29(2)24-18(12-17-6-3-4-7-20(17)28-24)15-30-10-11-31-23(16-30)22-9-5-8-21(27-22)19-13-25-26-14-19/h3-9,12-14,23H,10-11,15-16H2,1-2H3,(H,25,26). The lowest BCUT2D eigenvalue weighted by Crippen LogP contribution is -2.38. The van der Waals surface area contributed by atoms with Crippen molar-refractivity contribution in [1.82, 2.24) is 25.1 Å². The third kappa shape index (κ3) is 4.15. The van der Waals surface area contributed by atoms with Crippen LogP contribution in [0, 0.1) is 0 Å². The maximum absolute atomic E-state index is 6.10. The second-order valence-corrected chi connectivity index (χ2v) is 8.09. The molecule has 5 rings (SSSR count). The Bertz CT molecular complexity index is 1170. The molecule has 0 spiro atoms. The van der Waals surface area contributed by atoms with Gasteiger partial charge in [-0.15, -0.1) is 0 Å². The Morgan fingerprint density at radius 1 is 1.13 bits per heavy atom. The van der Waals surface area contributed by atoms with Crippen molar-refractivity contribution in [3.8, 4) is 11.3 Å². The summed E-state index contributed by atoms with van der Waals surface area (Å²) in [6.07, 6.45) is 3.59. The van der Waals surface area contributed by atoms with Crippen molar-refractivity contribution in [3.63, 3.8) is 0 Å². The van der Waals surface area contributed by atoms with E-state index in [1.54, 1.807) is 6.20 Å². The fourth-order valence-corrected chi connectivity index (χ4v) is 4.10. The van der Waals surface area contributed by atoms with Crippen molar-refractivity contribution in [2.24, 2.45) is 0 Å². The maximum atomic E-state index is 6.10. The number of nitrogens with one attached hydrogen (secondary N) is 1. The molecular weight excluding hydrogens is 388 g/mol. The van der Waals surface area contributed by atoms with Crippen molar-refractivity contribution >= 4 is 16.7 Å². The second-order valence-electron chi connectivity index (χ2n) is 8.09. The van der Waals surface area contributed by atoms with Crippen LogP contribution in [-0.4, -0.2) is 58.9 Å². The van der Waals surface area contributed by atoms with E-state index in [0.717, 1.165) is 47.9 Å². The Hall–Kier alpha value is -3.29. The Balaban J connectivity index is 1.38. The number of rotatable bonds is 5. The van der Waals surface area contributed by atoms with Gasteiger partial charge in [-0.1, -0.05) is 24.3 Å². The van der Waals surface area contributed by atoms with Crippen LogP contribution in [0.15, 0.2) is 60.9 Å². The molecule has 0 saturated carbocycles. The normalized spacial score (nSPS) is 17.2. The summed E-state index contributed by atoms with van der Waals surface area (Å²) in [6.45, 7) is 3.19. The van der Waals surface area contributed by atoms with Gasteiger partial charge in [-0.05, 0) is 24.3 Å². The van der Waals surface area contributed by atoms with Gasteiger partial charge in [0.05, 0.1) is 29.7 Å². The quantitative estimate of drug-likeness (QED) is 0.537. The Labute approximate surface area is 181 Å². The summed E-state index contributed by atoms with van der Waals surface area (Å²) in [7, 11) is 4.10. The number of aromatic nitrogens is 4. The average Bonchev–Trinajstić information content (AvgIpc) is 3.34. The molecule has 1 N–H and O–H groups in total. The van der Waals surface area contributed by atoms with Gasteiger partial charge in [-0.2, -0.15) is 5.10 Å². The minimum absolute atomic E-state index is 0.0585. The highest BCUT2D eigenvalue weighted by atomic mass is 16.5. The Morgan fingerprint density at radius 2 is 2.03 bits per heavy atom. The Kier molecular flexibility index (Phi) is 5.36. The fourth-order valence-electron chi connectivity index (χ4n) is 4.10. The van der Waals surface area contributed by atoms with E-state index in [4.69, 9.17) is 14.7 Å². The molecule has 4 heterocycles. The number of para-hydroxylation sites is 1. The smallest absolute Gasteiger partial charge is 0.133 e. The van der Waals surface area contributed by atoms with Crippen LogP contribution in [0.5, 0.6) is 0 Å². The number of hydrogen-bond donors (Lipinski definition) is 1. The van der Waals surface area contributed by atoms with Gasteiger partial charge in [0.25, 0.3) is 0 Å². The zero-order chi connectivity index (χ0) is 21.2. The average molecular weight is 415 g/mol. The van der Waals surface area contributed by atoms with Gasteiger partial charge in [0.2, 0.25) is 0 Å². The molecule has 1 atom stereocenters. The molecule has 1 aliphatic rings. The van der Waals surface area contributed by atoms with E-state index in [-0.39, 0.29) is 6.10 Å². The summed E-state index contributed by atoms with van der Waals surface area (Å²) in [4.78, 5) is 14.3. The van der Waals surface area contributed by atoms with E-state index >= 15 is 0 Å². The summed E-state index contributed by atoms with van der Waals surface area (Å²) >= 11 is 0. The molecule has 1 aliphatic heterocycles. The summed E-state index contributed by atoms with van der Waals surface area (Å²) in [5.41, 5.74) is 5.08. The fraction of sp³-hybridized carbons (Fsp3) is 0.292. The van der Waals surface area contributed by atoms with E-state index in [0.29, 0.717) is 6.61 Å². The van der Waals surface area contributed by atoms with E-state index in [2.05, 4.69) is 44.3 Å². The monoisotopic (exact) mass is 414 g/mol. The number of benzene rings is 1. The van der Waals surface area contributed by atoms with Crippen molar-refractivity contribution in [3.05, 3.63) is 72.2 Å². The van der Waals surface area contributed by atoms with Crippen molar-refractivity contribution in [2.45, 2.75) is 12.6 Å². The first kappa shape index (κ1) is 19.7.